The lowest BCUT2D eigenvalue weighted by molar-refractivity contribution is 0.174. The van der Waals surface area contributed by atoms with Crippen LogP contribution in [-0.2, 0) is 23.0 Å². The SMILES string of the molecule is CCS(=O)(=O)N1CCc2cc(C3=NNC(=NCc4ccc5c(c4)OCO5)SC3)ccc21. The summed E-state index contributed by atoms with van der Waals surface area (Å²) in [6, 6.07) is 11.7. The minimum Gasteiger partial charge on any atom is -0.454 e. The van der Waals surface area contributed by atoms with Crippen LogP contribution >= 0.6 is 11.8 Å². The Kier molecular flexibility index (Phi) is 5.27. The third kappa shape index (κ3) is 3.97. The van der Waals surface area contributed by atoms with Crippen molar-refractivity contribution in [3.05, 3.63) is 53.1 Å². The van der Waals surface area contributed by atoms with Crippen molar-refractivity contribution in [3.8, 4) is 11.5 Å². The highest BCUT2D eigenvalue weighted by atomic mass is 32.2. The summed E-state index contributed by atoms with van der Waals surface area (Å²) in [7, 11) is -3.23. The molecule has 0 amide bonds. The summed E-state index contributed by atoms with van der Waals surface area (Å²) in [5.41, 5.74) is 7.84. The van der Waals surface area contributed by atoms with E-state index in [1.165, 1.54) is 4.31 Å². The number of hydrazone groups is 1. The van der Waals surface area contributed by atoms with E-state index >= 15 is 0 Å². The average Bonchev–Trinajstić information content (AvgIpc) is 3.44. The quantitative estimate of drug-likeness (QED) is 0.741. The molecule has 162 valence electrons. The highest BCUT2D eigenvalue weighted by Gasteiger charge is 2.28. The number of fused-ring (bicyclic) bond motifs is 2. The number of benzene rings is 2. The van der Waals surface area contributed by atoms with E-state index in [2.05, 4.69) is 21.6 Å². The zero-order valence-corrected chi connectivity index (χ0v) is 18.6. The molecule has 1 N–H and O–H groups in total. The van der Waals surface area contributed by atoms with Crippen LogP contribution < -0.4 is 19.2 Å². The van der Waals surface area contributed by atoms with Crippen molar-refractivity contribution in [1.82, 2.24) is 5.43 Å². The summed E-state index contributed by atoms with van der Waals surface area (Å²) >= 11 is 1.60. The van der Waals surface area contributed by atoms with Gasteiger partial charge in [-0.15, -0.1) is 0 Å². The van der Waals surface area contributed by atoms with Crippen LogP contribution in [0.5, 0.6) is 11.5 Å². The molecule has 10 heteroatoms. The first-order valence-electron chi connectivity index (χ1n) is 10.1. The Labute approximate surface area is 185 Å². The molecule has 5 rings (SSSR count). The van der Waals surface area contributed by atoms with Crippen molar-refractivity contribution >= 4 is 38.4 Å². The van der Waals surface area contributed by atoms with Crippen molar-refractivity contribution < 1.29 is 17.9 Å². The molecule has 0 aliphatic carbocycles. The fourth-order valence-corrected chi connectivity index (χ4v) is 5.67. The second-order valence-corrected chi connectivity index (χ2v) is 10.5. The maximum Gasteiger partial charge on any atom is 0.234 e. The maximum atomic E-state index is 12.3. The first-order valence-corrected chi connectivity index (χ1v) is 12.6. The molecule has 0 bridgehead atoms. The van der Waals surface area contributed by atoms with Crippen molar-refractivity contribution in [2.24, 2.45) is 10.1 Å². The molecule has 0 radical (unpaired) electrons. The number of amidine groups is 1. The van der Waals surface area contributed by atoms with E-state index in [1.54, 1.807) is 18.7 Å². The molecule has 0 atom stereocenters. The number of rotatable bonds is 5. The Morgan fingerprint density at radius 3 is 2.87 bits per heavy atom. The van der Waals surface area contributed by atoms with Crippen LogP contribution in [0.1, 0.15) is 23.6 Å². The molecule has 0 unspecified atom stereocenters. The third-order valence-corrected chi connectivity index (χ3v) is 8.13. The Morgan fingerprint density at radius 1 is 1.19 bits per heavy atom. The van der Waals surface area contributed by atoms with Crippen molar-refractivity contribution in [2.45, 2.75) is 19.9 Å². The van der Waals surface area contributed by atoms with Gasteiger partial charge >= 0.3 is 0 Å². The molecule has 0 aromatic heterocycles. The number of ether oxygens (including phenoxy) is 2. The summed E-state index contributed by atoms with van der Waals surface area (Å²) in [4.78, 5) is 4.60. The number of hydrogen-bond acceptors (Lipinski definition) is 7. The largest absolute Gasteiger partial charge is 0.454 e. The highest BCUT2D eigenvalue weighted by molar-refractivity contribution is 8.14. The molecule has 31 heavy (non-hydrogen) atoms. The van der Waals surface area contributed by atoms with E-state index in [0.29, 0.717) is 18.8 Å². The number of nitrogens with one attached hydrogen (secondary N) is 1. The molecule has 8 nitrogen and oxygen atoms in total. The van der Waals surface area contributed by atoms with Gasteiger partial charge in [0, 0.05) is 12.3 Å². The van der Waals surface area contributed by atoms with Gasteiger partial charge in [0.2, 0.25) is 16.8 Å². The predicted molar refractivity (Wildman–Crippen MR) is 123 cm³/mol. The number of anilines is 1. The summed E-state index contributed by atoms with van der Waals surface area (Å²) < 4.78 is 36.8. The van der Waals surface area contributed by atoms with Gasteiger partial charge in [0.1, 0.15) is 0 Å². The van der Waals surface area contributed by atoms with E-state index in [-0.39, 0.29) is 12.5 Å². The number of hydrogen-bond donors (Lipinski definition) is 1. The number of thioether (sulfide) groups is 1. The second kappa shape index (κ2) is 8.08. The lowest BCUT2D eigenvalue weighted by Crippen LogP contribution is -2.30. The van der Waals surface area contributed by atoms with Gasteiger partial charge in [-0.05, 0) is 54.3 Å². The zero-order chi connectivity index (χ0) is 21.4. The fraction of sp³-hybridized carbons (Fsp3) is 0.333. The van der Waals surface area contributed by atoms with Crippen LogP contribution in [0.3, 0.4) is 0 Å². The highest BCUT2D eigenvalue weighted by Crippen LogP contribution is 2.33. The molecule has 0 spiro atoms. The number of sulfonamides is 1. The molecule has 3 aliphatic heterocycles. The molecule has 0 saturated heterocycles. The van der Waals surface area contributed by atoms with Gasteiger partial charge in [-0.3, -0.25) is 14.7 Å². The first kappa shape index (κ1) is 20.2. The van der Waals surface area contributed by atoms with Crippen LogP contribution in [0.15, 0.2) is 46.5 Å². The number of aliphatic imine (C=N–C) groups is 1. The second-order valence-electron chi connectivity index (χ2n) is 7.33. The minimum atomic E-state index is -3.23. The average molecular weight is 459 g/mol. The van der Waals surface area contributed by atoms with Gasteiger partial charge in [-0.1, -0.05) is 23.9 Å². The van der Waals surface area contributed by atoms with Crippen molar-refractivity contribution in [2.75, 3.05) is 29.1 Å². The zero-order valence-electron chi connectivity index (χ0n) is 17.0. The molecular formula is C21H22N4O4S2. The van der Waals surface area contributed by atoms with Crippen molar-refractivity contribution in [3.63, 3.8) is 0 Å². The summed E-state index contributed by atoms with van der Waals surface area (Å²) in [5, 5.41) is 5.27. The predicted octanol–water partition coefficient (Wildman–Crippen LogP) is 2.72. The molecule has 0 fully saturated rings. The normalized spacial score (nSPS) is 18.7. The van der Waals surface area contributed by atoms with Gasteiger partial charge in [-0.2, -0.15) is 5.10 Å². The minimum absolute atomic E-state index is 0.107. The topological polar surface area (TPSA) is 92.6 Å². The molecule has 2 aromatic rings. The fourth-order valence-electron chi connectivity index (χ4n) is 3.74. The molecular weight excluding hydrogens is 436 g/mol. The standard InChI is InChI=1S/C21H22N4O4S2/c1-2-31(26,27)25-8-7-16-10-15(4-5-18(16)25)17-12-30-21(24-23-17)22-11-14-3-6-19-20(9-14)29-13-28-19/h3-6,9-10H,2,7-8,11-13H2,1H3,(H,22,24). The van der Waals surface area contributed by atoms with Crippen LogP contribution in [0.25, 0.3) is 0 Å². The molecule has 3 aliphatic rings. The van der Waals surface area contributed by atoms with E-state index in [9.17, 15) is 8.42 Å². The van der Waals surface area contributed by atoms with Gasteiger partial charge in [0.05, 0.1) is 23.7 Å². The van der Waals surface area contributed by atoms with Crippen molar-refractivity contribution in [1.29, 1.82) is 0 Å². The van der Waals surface area contributed by atoms with Crippen LogP contribution in [-0.4, -0.2) is 44.1 Å². The van der Waals surface area contributed by atoms with Crippen LogP contribution in [0.2, 0.25) is 0 Å². The van der Waals surface area contributed by atoms with Gasteiger partial charge in [-0.25, -0.2) is 8.42 Å². The Balaban J connectivity index is 1.27. The van der Waals surface area contributed by atoms with Crippen LogP contribution in [0, 0.1) is 0 Å². The van der Waals surface area contributed by atoms with E-state index in [4.69, 9.17) is 9.47 Å². The maximum absolute atomic E-state index is 12.3. The molecule has 2 aromatic carbocycles. The summed E-state index contributed by atoms with van der Waals surface area (Å²) in [6.07, 6.45) is 0.721. The first-order chi connectivity index (χ1) is 15.0. The molecule has 0 saturated carbocycles. The van der Waals surface area contributed by atoms with E-state index < -0.39 is 10.0 Å². The van der Waals surface area contributed by atoms with Gasteiger partial charge in [0.15, 0.2) is 16.7 Å². The van der Waals surface area contributed by atoms with Gasteiger partial charge in [0.25, 0.3) is 0 Å². The van der Waals surface area contributed by atoms with Gasteiger partial charge < -0.3 is 9.47 Å². The summed E-state index contributed by atoms with van der Waals surface area (Å²) in [5.74, 6) is 2.32. The monoisotopic (exact) mass is 458 g/mol. The summed E-state index contributed by atoms with van der Waals surface area (Å²) in [6.45, 7) is 2.97. The van der Waals surface area contributed by atoms with E-state index in [1.807, 2.05) is 30.3 Å². The lowest BCUT2D eigenvalue weighted by atomic mass is 10.1. The Morgan fingerprint density at radius 2 is 2.06 bits per heavy atom. The number of nitrogens with zero attached hydrogens (tertiary/aromatic N) is 3. The van der Waals surface area contributed by atoms with Crippen LogP contribution in [0.4, 0.5) is 5.69 Å². The lowest BCUT2D eigenvalue weighted by Gasteiger charge is -2.19. The smallest absolute Gasteiger partial charge is 0.234 e. The Bertz CT molecular complexity index is 1190. The third-order valence-electron chi connectivity index (χ3n) is 5.44. The molecule has 3 heterocycles. The van der Waals surface area contributed by atoms with E-state index in [0.717, 1.165) is 51.2 Å². The Hall–Kier alpha value is -2.72.